The van der Waals surface area contributed by atoms with Crippen molar-refractivity contribution in [2.75, 3.05) is 0 Å². The van der Waals surface area contributed by atoms with Crippen LogP contribution in [0.1, 0.15) is 32.1 Å². The minimum absolute atomic E-state index is 0.0293. The zero-order chi connectivity index (χ0) is 20.0. The summed E-state index contributed by atoms with van der Waals surface area (Å²) in [6, 6.07) is 8.17. The number of tetrazole rings is 1. The molecule has 140 valence electrons. The Balaban J connectivity index is 1.73. The summed E-state index contributed by atoms with van der Waals surface area (Å²) in [5.41, 5.74) is 0.0117. The molecule has 10 nitrogen and oxygen atoms in total. The molecule has 1 aromatic heterocycles. The van der Waals surface area contributed by atoms with Crippen LogP contribution >= 0.6 is 0 Å². The van der Waals surface area contributed by atoms with Crippen molar-refractivity contribution >= 4 is 17.5 Å². The number of amides is 2. The van der Waals surface area contributed by atoms with Gasteiger partial charge < -0.3 is 0 Å². The molecule has 0 fully saturated rings. The van der Waals surface area contributed by atoms with Crippen molar-refractivity contribution in [1.82, 2.24) is 25.1 Å². The van der Waals surface area contributed by atoms with Crippen LogP contribution in [0.3, 0.4) is 0 Å². The van der Waals surface area contributed by atoms with Crippen molar-refractivity contribution in [1.29, 1.82) is 0 Å². The molecule has 11 heteroatoms. The number of carbonyl (C=O) groups is 2. The maximum Gasteiger partial charge on any atom is 0.282 e. The molecule has 4 rings (SSSR count). The summed E-state index contributed by atoms with van der Waals surface area (Å²) < 4.78 is 15.3. The van der Waals surface area contributed by atoms with E-state index in [1.165, 1.54) is 24.3 Å². The number of imide groups is 1. The number of rotatable bonds is 4. The average Bonchev–Trinajstić information content (AvgIpc) is 3.22. The predicted octanol–water partition coefficient (Wildman–Crippen LogP) is 1.81. The van der Waals surface area contributed by atoms with Gasteiger partial charge in [-0.05, 0) is 41.1 Å². The van der Waals surface area contributed by atoms with E-state index < -0.39 is 28.2 Å². The van der Waals surface area contributed by atoms with Gasteiger partial charge in [0.05, 0.1) is 17.0 Å². The fraction of sp³-hybridized carbons (Fsp3) is 0.118. The third-order valence-corrected chi connectivity index (χ3v) is 4.34. The second-order valence-electron chi connectivity index (χ2n) is 6.12. The van der Waals surface area contributed by atoms with Crippen LogP contribution in [0.5, 0.6) is 0 Å². The van der Waals surface area contributed by atoms with Gasteiger partial charge in [-0.25, -0.2) is 4.39 Å². The topological polar surface area (TPSA) is 124 Å². The SMILES string of the molecule is Cc1ccc(F)c(-n2nnnc2CN2C(=O)c3cccc([N+](=O)[O-])c3C2=O)c1. The van der Waals surface area contributed by atoms with Gasteiger partial charge in [0.25, 0.3) is 17.5 Å². The van der Waals surface area contributed by atoms with Gasteiger partial charge in [0, 0.05) is 6.07 Å². The van der Waals surface area contributed by atoms with E-state index in [4.69, 9.17) is 0 Å². The smallest absolute Gasteiger partial charge is 0.269 e. The number of hydrogen-bond acceptors (Lipinski definition) is 7. The van der Waals surface area contributed by atoms with Gasteiger partial charge in [0.1, 0.15) is 17.1 Å². The zero-order valence-corrected chi connectivity index (χ0v) is 14.4. The number of carbonyl (C=O) groups excluding carboxylic acids is 2. The number of fused-ring (bicyclic) bond motifs is 1. The zero-order valence-electron chi connectivity index (χ0n) is 14.4. The lowest BCUT2D eigenvalue weighted by Crippen LogP contribution is -2.30. The average molecular weight is 382 g/mol. The summed E-state index contributed by atoms with van der Waals surface area (Å²) in [4.78, 5) is 36.6. The Hall–Kier alpha value is -4.02. The third-order valence-electron chi connectivity index (χ3n) is 4.34. The molecule has 0 spiro atoms. The highest BCUT2D eigenvalue weighted by molar-refractivity contribution is 6.23. The normalized spacial score (nSPS) is 13.1. The molecule has 1 aliphatic heterocycles. The van der Waals surface area contributed by atoms with Gasteiger partial charge in [-0.2, -0.15) is 4.68 Å². The fourth-order valence-electron chi connectivity index (χ4n) is 3.03. The van der Waals surface area contributed by atoms with Gasteiger partial charge >= 0.3 is 0 Å². The minimum Gasteiger partial charge on any atom is -0.269 e. The molecule has 2 aromatic carbocycles. The van der Waals surface area contributed by atoms with Crippen LogP contribution in [0.15, 0.2) is 36.4 Å². The molecule has 28 heavy (non-hydrogen) atoms. The van der Waals surface area contributed by atoms with Crippen LogP contribution in [-0.2, 0) is 6.54 Å². The Morgan fingerprint density at radius 2 is 1.96 bits per heavy atom. The standard InChI is InChI=1S/C17H11FN6O4/c1-9-5-6-11(18)13(7-9)23-14(19-20-21-23)8-22-16(25)10-3-2-4-12(24(27)28)15(10)17(22)26/h2-7H,8H2,1H3. The Morgan fingerprint density at radius 3 is 2.71 bits per heavy atom. The molecule has 1 aliphatic rings. The van der Waals surface area contributed by atoms with E-state index in [9.17, 15) is 24.1 Å². The van der Waals surface area contributed by atoms with Crippen LogP contribution in [0.4, 0.5) is 10.1 Å². The van der Waals surface area contributed by atoms with Crippen molar-refractivity contribution in [3.63, 3.8) is 0 Å². The predicted molar refractivity (Wildman–Crippen MR) is 91.1 cm³/mol. The van der Waals surface area contributed by atoms with Gasteiger partial charge in [0.15, 0.2) is 5.82 Å². The number of halogens is 1. The van der Waals surface area contributed by atoms with Crippen molar-refractivity contribution in [3.8, 4) is 5.69 Å². The van der Waals surface area contributed by atoms with E-state index in [0.717, 1.165) is 21.2 Å². The van der Waals surface area contributed by atoms with E-state index in [1.54, 1.807) is 13.0 Å². The quantitative estimate of drug-likeness (QED) is 0.383. The monoisotopic (exact) mass is 382 g/mol. The molecule has 3 aromatic rings. The van der Waals surface area contributed by atoms with Gasteiger partial charge in [-0.1, -0.05) is 12.1 Å². The number of benzene rings is 2. The molecule has 0 saturated carbocycles. The third kappa shape index (κ3) is 2.60. The second kappa shape index (κ2) is 6.30. The van der Waals surface area contributed by atoms with Crippen molar-refractivity contribution in [2.24, 2.45) is 0 Å². The van der Waals surface area contributed by atoms with Crippen LogP contribution in [0.25, 0.3) is 5.69 Å². The van der Waals surface area contributed by atoms with E-state index in [2.05, 4.69) is 15.5 Å². The van der Waals surface area contributed by atoms with E-state index in [1.807, 2.05) is 0 Å². The molecule has 0 unspecified atom stereocenters. The molecule has 0 N–H and O–H groups in total. The first kappa shape index (κ1) is 17.4. The molecule has 2 heterocycles. The molecule has 2 amide bonds. The maximum atomic E-state index is 14.2. The molecule has 0 aliphatic carbocycles. The molecule has 0 bridgehead atoms. The highest BCUT2D eigenvalue weighted by Crippen LogP contribution is 2.31. The highest BCUT2D eigenvalue weighted by Gasteiger charge is 2.41. The molecular formula is C17H11FN6O4. The first-order chi connectivity index (χ1) is 13.4. The maximum absolute atomic E-state index is 14.2. The summed E-state index contributed by atoms with van der Waals surface area (Å²) in [6.45, 7) is 1.39. The van der Waals surface area contributed by atoms with Crippen molar-refractivity contribution < 1.29 is 18.9 Å². The lowest BCUT2D eigenvalue weighted by molar-refractivity contribution is -0.385. The number of aryl methyl sites for hydroxylation is 1. The molecular weight excluding hydrogens is 371 g/mol. The number of hydrogen-bond donors (Lipinski definition) is 0. The van der Waals surface area contributed by atoms with Crippen LogP contribution < -0.4 is 0 Å². The summed E-state index contributed by atoms with van der Waals surface area (Å²) in [5, 5.41) is 22.2. The second-order valence-corrected chi connectivity index (χ2v) is 6.12. The Kier molecular flexibility index (Phi) is 3.91. The van der Waals surface area contributed by atoms with Crippen molar-refractivity contribution in [3.05, 3.63) is 74.8 Å². The van der Waals surface area contributed by atoms with E-state index in [-0.39, 0.29) is 29.2 Å². The highest BCUT2D eigenvalue weighted by atomic mass is 19.1. The van der Waals surface area contributed by atoms with Crippen LogP contribution in [0.2, 0.25) is 0 Å². The van der Waals surface area contributed by atoms with Gasteiger partial charge in [0.2, 0.25) is 0 Å². The minimum atomic E-state index is -0.827. The van der Waals surface area contributed by atoms with Gasteiger partial charge in [-0.3, -0.25) is 24.6 Å². The fourth-order valence-corrected chi connectivity index (χ4v) is 3.03. The van der Waals surface area contributed by atoms with Gasteiger partial charge in [-0.15, -0.1) is 5.10 Å². The van der Waals surface area contributed by atoms with Crippen LogP contribution in [-0.4, -0.2) is 41.8 Å². The summed E-state index contributed by atoms with van der Waals surface area (Å²) in [7, 11) is 0. The lowest BCUT2D eigenvalue weighted by atomic mass is 10.1. The molecule has 0 saturated heterocycles. The summed E-state index contributed by atoms with van der Waals surface area (Å²) in [5.74, 6) is -2.09. The first-order valence-corrected chi connectivity index (χ1v) is 8.06. The largest absolute Gasteiger partial charge is 0.282 e. The summed E-state index contributed by atoms with van der Waals surface area (Å²) >= 11 is 0. The number of aromatic nitrogens is 4. The molecule has 0 radical (unpaired) electrons. The Labute approximate surface area is 156 Å². The number of nitrogens with zero attached hydrogens (tertiary/aromatic N) is 6. The Morgan fingerprint density at radius 1 is 1.18 bits per heavy atom. The number of nitro benzene ring substituents is 1. The summed E-state index contributed by atoms with van der Waals surface area (Å²) in [6.07, 6.45) is 0. The Bertz CT molecular complexity index is 1160. The van der Waals surface area contributed by atoms with E-state index >= 15 is 0 Å². The lowest BCUT2D eigenvalue weighted by Gasteiger charge is -2.13. The molecule has 0 atom stereocenters. The van der Waals surface area contributed by atoms with E-state index in [0.29, 0.717) is 0 Å². The first-order valence-electron chi connectivity index (χ1n) is 8.06. The van der Waals surface area contributed by atoms with Crippen molar-refractivity contribution in [2.45, 2.75) is 13.5 Å². The number of nitro groups is 1. The van der Waals surface area contributed by atoms with Crippen LogP contribution in [0, 0.1) is 22.9 Å².